The molecule has 2 aromatic carbocycles. The lowest BCUT2D eigenvalue weighted by Crippen LogP contribution is -2.53. The van der Waals surface area contributed by atoms with Gasteiger partial charge < -0.3 is 10.2 Å². The zero-order chi connectivity index (χ0) is 25.6. The van der Waals surface area contributed by atoms with Gasteiger partial charge in [0.15, 0.2) is 0 Å². The van der Waals surface area contributed by atoms with E-state index in [0.29, 0.717) is 12.1 Å². The van der Waals surface area contributed by atoms with Gasteiger partial charge in [0, 0.05) is 17.1 Å². The molecule has 1 saturated carbocycles. The van der Waals surface area contributed by atoms with Gasteiger partial charge in [-0.3, -0.25) is 13.9 Å². The Hall–Kier alpha value is -2.39. The normalized spacial score (nSPS) is 15.0. The third-order valence-electron chi connectivity index (χ3n) is 6.35. The zero-order valence-electron chi connectivity index (χ0n) is 20.5. The smallest absolute Gasteiger partial charge is 0.244 e. The molecule has 190 valence electrons. The Labute approximate surface area is 217 Å². The number of anilines is 1. The molecule has 1 atom stereocenters. The van der Waals surface area contributed by atoms with Gasteiger partial charge in [0.25, 0.3) is 0 Å². The maximum absolute atomic E-state index is 13.7. The fraction of sp³-hybridized carbons (Fsp3) is 0.462. The van der Waals surface area contributed by atoms with Crippen LogP contribution in [0.25, 0.3) is 0 Å². The van der Waals surface area contributed by atoms with Crippen molar-refractivity contribution >= 4 is 43.5 Å². The van der Waals surface area contributed by atoms with Crippen LogP contribution >= 0.6 is 15.9 Å². The van der Waals surface area contributed by atoms with E-state index in [1.807, 2.05) is 38.1 Å². The van der Waals surface area contributed by atoms with E-state index in [1.54, 1.807) is 24.3 Å². The number of aryl methyl sites for hydroxylation is 1. The van der Waals surface area contributed by atoms with Crippen molar-refractivity contribution in [1.29, 1.82) is 0 Å². The highest BCUT2D eigenvalue weighted by atomic mass is 79.9. The molecule has 0 aliphatic heterocycles. The van der Waals surface area contributed by atoms with Gasteiger partial charge in [0.2, 0.25) is 21.8 Å². The first-order valence-corrected chi connectivity index (χ1v) is 14.6. The van der Waals surface area contributed by atoms with Gasteiger partial charge in [0.05, 0.1) is 11.9 Å². The number of nitrogens with one attached hydrogen (secondary N) is 1. The fourth-order valence-electron chi connectivity index (χ4n) is 4.40. The third kappa shape index (κ3) is 7.54. The van der Waals surface area contributed by atoms with Crippen LogP contribution in [0, 0.1) is 6.92 Å². The van der Waals surface area contributed by atoms with Crippen molar-refractivity contribution in [1.82, 2.24) is 10.2 Å². The van der Waals surface area contributed by atoms with E-state index in [9.17, 15) is 18.0 Å². The SMILES string of the molecule is CC[C@H](C(=O)NC1CCCC1)N(Cc1ccc(C)cc1)C(=O)CN(c1ccc(Br)cc1)S(C)(=O)=O. The van der Waals surface area contributed by atoms with Gasteiger partial charge in [-0.05, 0) is 56.0 Å². The molecule has 0 bridgehead atoms. The van der Waals surface area contributed by atoms with Crippen LogP contribution in [0.2, 0.25) is 0 Å². The molecule has 0 saturated heterocycles. The number of nitrogens with zero attached hydrogens (tertiary/aromatic N) is 2. The lowest BCUT2D eigenvalue weighted by atomic mass is 10.1. The largest absolute Gasteiger partial charge is 0.352 e. The first-order valence-electron chi connectivity index (χ1n) is 12.0. The van der Waals surface area contributed by atoms with Crippen molar-refractivity contribution in [2.24, 2.45) is 0 Å². The van der Waals surface area contributed by atoms with E-state index < -0.39 is 22.0 Å². The van der Waals surface area contributed by atoms with Crippen LogP contribution in [0.5, 0.6) is 0 Å². The maximum Gasteiger partial charge on any atom is 0.244 e. The predicted octanol–water partition coefficient (Wildman–Crippen LogP) is 4.39. The summed E-state index contributed by atoms with van der Waals surface area (Å²) in [6.07, 6.45) is 5.57. The molecule has 1 aliphatic carbocycles. The van der Waals surface area contributed by atoms with Crippen LogP contribution in [0.15, 0.2) is 53.0 Å². The molecule has 7 nitrogen and oxygen atoms in total. The Morgan fingerprint density at radius 2 is 1.66 bits per heavy atom. The molecule has 3 rings (SSSR count). The molecule has 0 aromatic heterocycles. The van der Waals surface area contributed by atoms with Gasteiger partial charge in [-0.15, -0.1) is 0 Å². The average molecular weight is 565 g/mol. The lowest BCUT2D eigenvalue weighted by Gasteiger charge is -2.33. The second-order valence-corrected chi connectivity index (χ2v) is 12.0. The Bertz CT molecular complexity index is 1110. The summed E-state index contributed by atoms with van der Waals surface area (Å²) in [7, 11) is -3.74. The standard InChI is InChI=1S/C26H34BrN3O4S/c1-4-24(26(32)28-22-7-5-6-8-22)29(17-20-11-9-19(2)10-12-20)25(31)18-30(35(3,33)34)23-15-13-21(27)14-16-23/h9-16,22,24H,4-8,17-18H2,1-3H3,(H,28,32)/t24-/m1/s1. The summed E-state index contributed by atoms with van der Waals surface area (Å²) >= 11 is 3.35. The summed E-state index contributed by atoms with van der Waals surface area (Å²) in [4.78, 5) is 28.5. The molecule has 1 fully saturated rings. The summed E-state index contributed by atoms with van der Waals surface area (Å²) in [6, 6.07) is 14.0. The summed E-state index contributed by atoms with van der Waals surface area (Å²) in [5.41, 5.74) is 2.37. The highest BCUT2D eigenvalue weighted by Gasteiger charge is 2.33. The third-order valence-corrected chi connectivity index (χ3v) is 8.02. The van der Waals surface area contributed by atoms with Crippen LogP contribution in [0.1, 0.15) is 50.2 Å². The van der Waals surface area contributed by atoms with Crippen molar-refractivity contribution in [2.75, 3.05) is 17.1 Å². The van der Waals surface area contributed by atoms with E-state index in [4.69, 9.17) is 0 Å². The molecule has 35 heavy (non-hydrogen) atoms. The second kappa shape index (κ2) is 12.0. The first kappa shape index (κ1) is 27.2. The van der Waals surface area contributed by atoms with Crippen molar-refractivity contribution < 1.29 is 18.0 Å². The quantitative estimate of drug-likeness (QED) is 0.464. The van der Waals surface area contributed by atoms with Crippen molar-refractivity contribution in [2.45, 2.75) is 64.6 Å². The molecule has 9 heteroatoms. The van der Waals surface area contributed by atoms with Gasteiger partial charge in [-0.25, -0.2) is 8.42 Å². The van der Waals surface area contributed by atoms with Gasteiger partial charge in [-0.2, -0.15) is 0 Å². The van der Waals surface area contributed by atoms with Crippen molar-refractivity contribution in [3.8, 4) is 0 Å². The van der Waals surface area contributed by atoms with Gasteiger partial charge in [0.1, 0.15) is 12.6 Å². The predicted molar refractivity (Wildman–Crippen MR) is 143 cm³/mol. The lowest BCUT2D eigenvalue weighted by molar-refractivity contribution is -0.140. The van der Waals surface area contributed by atoms with E-state index in [-0.39, 0.29) is 25.0 Å². The highest BCUT2D eigenvalue weighted by molar-refractivity contribution is 9.10. The van der Waals surface area contributed by atoms with E-state index in [2.05, 4.69) is 21.2 Å². The van der Waals surface area contributed by atoms with Crippen LogP contribution < -0.4 is 9.62 Å². The molecule has 2 aromatic rings. The van der Waals surface area contributed by atoms with Crippen LogP contribution in [0.3, 0.4) is 0 Å². The molecule has 0 radical (unpaired) electrons. The van der Waals surface area contributed by atoms with Gasteiger partial charge in [-0.1, -0.05) is 65.5 Å². The minimum absolute atomic E-state index is 0.128. The number of sulfonamides is 1. The first-order chi connectivity index (χ1) is 16.6. The zero-order valence-corrected chi connectivity index (χ0v) is 22.9. The topological polar surface area (TPSA) is 86.8 Å². The summed E-state index contributed by atoms with van der Waals surface area (Å²) in [5, 5.41) is 3.11. The number of carbonyl (C=O) groups is 2. The number of halogens is 1. The molecule has 2 amide bonds. The second-order valence-electron chi connectivity index (χ2n) is 9.17. The van der Waals surface area contributed by atoms with E-state index >= 15 is 0 Å². The van der Waals surface area contributed by atoms with Crippen LogP contribution in [-0.4, -0.2) is 50.0 Å². The number of carbonyl (C=O) groups excluding carboxylic acids is 2. The fourth-order valence-corrected chi connectivity index (χ4v) is 5.51. The minimum atomic E-state index is -3.74. The molecule has 0 unspecified atom stereocenters. The molecule has 1 N–H and O–H groups in total. The number of hydrogen-bond acceptors (Lipinski definition) is 4. The number of benzene rings is 2. The highest BCUT2D eigenvalue weighted by Crippen LogP contribution is 2.23. The maximum atomic E-state index is 13.7. The van der Waals surface area contributed by atoms with Crippen LogP contribution in [0.4, 0.5) is 5.69 Å². The number of amides is 2. The Balaban J connectivity index is 1.90. The molecular weight excluding hydrogens is 530 g/mol. The molecule has 0 spiro atoms. The van der Waals surface area contributed by atoms with Crippen LogP contribution in [-0.2, 0) is 26.2 Å². The molecular formula is C26H34BrN3O4S. The van der Waals surface area contributed by atoms with Gasteiger partial charge >= 0.3 is 0 Å². The Morgan fingerprint density at radius 3 is 2.20 bits per heavy atom. The van der Waals surface area contributed by atoms with E-state index in [0.717, 1.165) is 51.8 Å². The Morgan fingerprint density at radius 1 is 1.06 bits per heavy atom. The summed E-state index contributed by atoms with van der Waals surface area (Å²) in [5.74, 6) is -0.609. The van der Waals surface area contributed by atoms with Crippen molar-refractivity contribution in [3.63, 3.8) is 0 Å². The summed E-state index contributed by atoms with van der Waals surface area (Å²) < 4.78 is 27.2. The summed E-state index contributed by atoms with van der Waals surface area (Å²) in [6.45, 7) is 3.68. The minimum Gasteiger partial charge on any atom is -0.352 e. The number of rotatable bonds is 10. The average Bonchev–Trinajstić information content (AvgIpc) is 3.31. The van der Waals surface area contributed by atoms with Crippen molar-refractivity contribution in [3.05, 3.63) is 64.1 Å². The molecule has 0 heterocycles. The number of hydrogen-bond donors (Lipinski definition) is 1. The monoisotopic (exact) mass is 563 g/mol. The molecule has 1 aliphatic rings. The Kier molecular flexibility index (Phi) is 9.35. The van der Waals surface area contributed by atoms with E-state index in [1.165, 1.54) is 4.90 Å².